The van der Waals surface area contributed by atoms with E-state index in [1.54, 1.807) is 33.8 Å². The number of pyridine rings is 1. The maximum Gasteiger partial charge on any atom is 0.213 e. The number of fused-ring (bicyclic) bond motifs is 1. The molecular weight excluding hydrogens is 524 g/mol. The van der Waals surface area contributed by atoms with Crippen molar-refractivity contribution in [2.24, 2.45) is 0 Å². The molecule has 192 valence electrons. The molecule has 0 aliphatic carbocycles. The van der Waals surface area contributed by atoms with Gasteiger partial charge in [0.15, 0.2) is 0 Å². The van der Waals surface area contributed by atoms with E-state index >= 15 is 0 Å². The Hall–Kier alpha value is -4.19. The van der Waals surface area contributed by atoms with Crippen molar-refractivity contribution < 1.29 is 8.42 Å². The molecule has 0 spiro atoms. The smallest absolute Gasteiger partial charge is 0.213 e. The van der Waals surface area contributed by atoms with Gasteiger partial charge in [0.05, 0.1) is 40.5 Å². The molecule has 0 radical (unpaired) electrons. The molecule has 0 unspecified atom stereocenters. The molecule has 1 aliphatic heterocycles. The topological polar surface area (TPSA) is 148 Å². The molecule has 38 heavy (non-hydrogen) atoms. The molecule has 5 aromatic rings. The lowest BCUT2D eigenvalue weighted by Gasteiger charge is -2.47. The average molecular weight is 547 g/mol. The maximum atomic E-state index is 12.3. The van der Waals surface area contributed by atoms with Gasteiger partial charge in [0.2, 0.25) is 10.0 Å². The normalized spacial score (nSPS) is 15.3. The molecule has 0 amide bonds. The number of tetrazole rings is 1. The van der Waals surface area contributed by atoms with Crippen LogP contribution in [0.3, 0.4) is 0 Å². The number of sulfonamides is 1. The van der Waals surface area contributed by atoms with Crippen LogP contribution in [0.25, 0.3) is 27.0 Å². The van der Waals surface area contributed by atoms with E-state index in [-0.39, 0.29) is 25.3 Å². The predicted octanol–water partition coefficient (Wildman–Crippen LogP) is 3.15. The summed E-state index contributed by atoms with van der Waals surface area (Å²) in [4.78, 5) is 4.90. The van der Waals surface area contributed by atoms with Crippen LogP contribution in [0.1, 0.15) is 13.3 Å². The molecular formula is C24H22N10O2S2. The molecule has 0 atom stereocenters. The molecule has 4 aromatic heterocycles. The van der Waals surface area contributed by atoms with Crippen molar-refractivity contribution in [3.05, 3.63) is 60.5 Å². The van der Waals surface area contributed by atoms with Gasteiger partial charge in [-0.05, 0) is 64.5 Å². The van der Waals surface area contributed by atoms with Crippen LogP contribution in [0.4, 0.5) is 11.5 Å². The third kappa shape index (κ3) is 4.20. The molecule has 1 saturated heterocycles. The van der Waals surface area contributed by atoms with Gasteiger partial charge in [-0.25, -0.2) is 18.1 Å². The van der Waals surface area contributed by atoms with E-state index in [4.69, 9.17) is 4.98 Å². The highest BCUT2D eigenvalue weighted by molar-refractivity contribution is 7.89. The largest absolute Gasteiger partial charge is 0.340 e. The van der Waals surface area contributed by atoms with Gasteiger partial charge in [0.25, 0.3) is 0 Å². The van der Waals surface area contributed by atoms with E-state index in [1.807, 2.05) is 48.0 Å². The van der Waals surface area contributed by atoms with Crippen molar-refractivity contribution in [3.63, 3.8) is 0 Å². The first-order valence-corrected chi connectivity index (χ1v) is 14.3. The fourth-order valence-corrected chi connectivity index (χ4v) is 6.67. The van der Waals surface area contributed by atoms with Crippen LogP contribution in [-0.2, 0) is 15.6 Å². The fourth-order valence-electron chi connectivity index (χ4n) is 4.54. The van der Waals surface area contributed by atoms with E-state index in [9.17, 15) is 13.7 Å². The maximum absolute atomic E-state index is 12.3. The summed E-state index contributed by atoms with van der Waals surface area (Å²) in [5, 5.41) is 31.7. The molecule has 6 rings (SSSR count). The van der Waals surface area contributed by atoms with E-state index in [2.05, 4.69) is 32.0 Å². The van der Waals surface area contributed by atoms with Crippen LogP contribution < -0.4 is 5.32 Å². The lowest BCUT2D eigenvalue weighted by molar-refractivity contribution is 0.0719. The third-order valence-electron chi connectivity index (χ3n) is 6.64. The van der Waals surface area contributed by atoms with Crippen molar-refractivity contribution in [1.82, 2.24) is 39.3 Å². The number of thiophene rings is 1. The van der Waals surface area contributed by atoms with Crippen LogP contribution in [0.2, 0.25) is 0 Å². The zero-order valence-electron chi connectivity index (χ0n) is 20.3. The lowest BCUT2D eigenvalue weighted by Crippen LogP contribution is -2.64. The van der Waals surface area contributed by atoms with Crippen molar-refractivity contribution in [2.45, 2.75) is 18.9 Å². The van der Waals surface area contributed by atoms with Gasteiger partial charge in [-0.2, -0.15) is 14.7 Å². The van der Waals surface area contributed by atoms with Gasteiger partial charge in [-0.3, -0.25) is 4.68 Å². The van der Waals surface area contributed by atoms with Gasteiger partial charge in [0.1, 0.15) is 17.7 Å². The molecule has 14 heteroatoms. The van der Waals surface area contributed by atoms with Gasteiger partial charge >= 0.3 is 0 Å². The minimum atomic E-state index is -3.32. The number of nitrogens with one attached hydrogen (secondary N) is 1. The Kier molecular flexibility index (Phi) is 5.90. The summed E-state index contributed by atoms with van der Waals surface area (Å²) in [6, 6.07) is 13.9. The highest BCUT2D eigenvalue weighted by Gasteiger charge is 2.49. The fraction of sp³-hybridized carbons (Fsp3) is 0.250. The summed E-state index contributed by atoms with van der Waals surface area (Å²) in [5.41, 5.74) is 2.55. The first-order chi connectivity index (χ1) is 18.4. The summed E-state index contributed by atoms with van der Waals surface area (Å²) < 4.78 is 30.3. The second kappa shape index (κ2) is 9.28. The Labute approximate surface area is 222 Å². The highest BCUT2D eigenvalue weighted by atomic mass is 32.2. The summed E-state index contributed by atoms with van der Waals surface area (Å²) >= 11 is 1.59. The molecule has 1 fully saturated rings. The number of benzene rings is 1. The summed E-state index contributed by atoms with van der Waals surface area (Å²) in [6.45, 7) is 2.07. The Morgan fingerprint density at radius 1 is 1.21 bits per heavy atom. The molecule has 1 N–H and O–H groups in total. The van der Waals surface area contributed by atoms with Gasteiger partial charge in [0, 0.05) is 30.5 Å². The Balaban J connectivity index is 1.30. The van der Waals surface area contributed by atoms with E-state index in [0.29, 0.717) is 5.82 Å². The first-order valence-electron chi connectivity index (χ1n) is 11.8. The quantitative estimate of drug-likeness (QED) is 0.310. The van der Waals surface area contributed by atoms with Gasteiger partial charge in [-0.1, -0.05) is 0 Å². The number of aromatic nitrogens is 7. The van der Waals surface area contributed by atoms with E-state index < -0.39 is 15.6 Å². The molecule has 1 aliphatic rings. The standard InChI is InChI=1S/C24H22N10O2S2/c1-2-38(35,36)32-14-24(15-32,8-9-25)34-13-18(12-27-34)22-23-17(7-10-37-23)11-21(29-22)28-19-3-5-20(6-4-19)33-16-26-30-31-33/h3-7,10-13,16H,2,8,14-15H2,1H3,(H,28,29). The number of hydrogen-bond acceptors (Lipinski definition) is 10. The first kappa shape index (κ1) is 24.2. The SMILES string of the molecule is CCS(=O)(=O)N1CC(CC#N)(n2cc(-c3nc(Nc4ccc(-n5cnnn5)cc4)cc4ccsc34)cn2)C1. The predicted molar refractivity (Wildman–Crippen MR) is 143 cm³/mol. The average Bonchev–Trinajstić information content (AvgIpc) is 3.68. The molecule has 0 saturated carbocycles. The van der Waals surface area contributed by atoms with Gasteiger partial charge < -0.3 is 5.32 Å². The summed E-state index contributed by atoms with van der Waals surface area (Å²) in [5.74, 6) is 0.699. The third-order valence-corrected chi connectivity index (χ3v) is 9.35. The molecule has 12 nitrogen and oxygen atoms in total. The monoisotopic (exact) mass is 546 g/mol. The summed E-state index contributed by atoms with van der Waals surface area (Å²) in [7, 11) is -3.32. The van der Waals surface area contributed by atoms with Crippen LogP contribution >= 0.6 is 11.3 Å². The van der Waals surface area contributed by atoms with Crippen molar-refractivity contribution in [1.29, 1.82) is 5.26 Å². The Bertz CT molecular complexity index is 1750. The van der Waals surface area contributed by atoms with Gasteiger partial charge in [-0.15, -0.1) is 16.4 Å². The van der Waals surface area contributed by atoms with Crippen LogP contribution in [0.5, 0.6) is 0 Å². The second-order valence-corrected chi connectivity index (χ2v) is 12.2. The van der Waals surface area contributed by atoms with Crippen molar-refractivity contribution in [3.8, 4) is 23.0 Å². The second-order valence-electron chi connectivity index (χ2n) is 9.02. The zero-order valence-corrected chi connectivity index (χ0v) is 21.9. The summed E-state index contributed by atoms with van der Waals surface area (Å²) in [6.07, 6.45) is 5.28. The van der Waals surface area contributed by atoms with E-state index in [0.717, 1.165) is 32.7 Å². The lowest BCUT2D eigenvalue weighted by atomic mass is 9.89. The van der Waals surface area contributed by atoms with Crippen molar-refractivity contribution in [2.75, 3.05) is 24.2 Å². The number of rotatable bonds is 8. The van der Waals surface area contributed by atoms with E-state index in [1.165, 1.54) is 10.6 Å². The molecule has 5 heterocycles. The number of nitriles is 1. The minimum Gasteiger partial charge on any atom is -0.340 e. The van der Waals surface area contributed by atoms with Crippen LogP contribution in [0, 0.1) is 11.3 Å². The molecule has 1 aromatic carbocycles. The Morgan fingerprint density at radius 2 is 2.03 bits per heavy atom. The number of nitrogens with zero attached hydrogens (tertiary/aromatic N) is 9. The number of hydrogen-bond donors (Lipinski definition) is 1. The van der Waals surface area contributed by atoms with Crippen LogP contribution in [-0.4, -0.2) is 66.5 Å². The van der Waals surface area contributed by atoms with Crippen LogP contribution in [0.15, 0.2) is 60.5 Å². The highest BCUT2D eigenvalue weighted by Crippen LogP contribution is 2.38. The Morgan fingerprint density at radius 3 is 2.74 bits per heavy atom. The zero-order chi connectivity index (χ0) is 26.3. The van der Waals surface area contributed by atoms with Crippen molar-refractivity contribution >= 4 is 43.0 Å². The minimum absolute atomic E-state index is 0.0282. The molecule has 0 bridgehead atoms. The number of anilines is 2.